The second-order valence-electron chi connectivity index (χ2n) is 8.31. The lowest BCUT2D eigenvalue weighted by atomic mass is 10.1. The molecule has 32 heavy (non-hydrogen) atoms. The average Bonchev–Trinajstić information content (AvgIpc) is 3.61. The van der Waals surface area contributed by atoms with E-state index in [9.17, 15) is 4.79 Å². The number of ether oxygens (including phenoxy) is 1. The molecule has 2 aromatic carbocycles. The smallest absolute Gasteiger partial charge is 0.256 e. The molecule has 4 aromatic rings. The third-order valence-electron chi connectivity index (χ3n) is 5.86. The van der Waals surface area contributed by atoms with Crippen molar-refractivity contribution in [3.63, 3.8) is 0 Å². The van der Waals surface area contributed by atoms with Crippen LogP contribution in [0.3, 0.4) is 0 Å². The van der Waals surface area contributed by atoms with Crippen LogP contribution in [-0.4, -0.2) is 27.3 Å². The largest absolute Gasteiger partial charge is 0.491 e. The van der Waals surface area contributed by atoms with Crippen molar-refractivity contribution in [2.75, 3.05) is 11.9 Å². The standard InChI is InChI=1S/C26H26N4O2/c1-17-24-20(16-22(19-12-13-19)27-25(24)30(2)29-17)26(31)28-21-10-6-7-11-23(21)32-15-14-18-8-4-3-5-9-18/h3-11,16,19H,12-15H2,1-2H3,(H,28,31). The molecule has 0 radical (unpaired) electrons. The van der Waals surface area contributed by atoms with E-state index in [2.05, 4.69) is 22.5 Å². The molecule has 1 aliphatic carbocycles. The highest BCUT2D eigenvalue weighted by atomic mass is 16.5. The minimum absolute atomic E-state index is 0.172. The third-order valence-corrected chi connectivity index (χ3v) is 5.86. The fourth-order valence-corrected chi connectivity index (χ4v) is 4.04. The van der Waals surface area contributed by atoms with Crippen molar-refractivity contribution in [3.8, 4) is 5.75 Å². The Kier molecular flexibility index (Phi) is 5.35. The number of nitrogens with zero attached hydrogens (tertiary/aromatic N) is 3. The lowest BCUT2D eigenvalue weighted by Crippen LogP contribution is -2.15. The molecule has 0 bridgehead atoms. The molecule has 0 aliphatic heterocycles. The Labute approximate surface area is 187 Å². The molecule has 2 heterocycles. The second kappa shape index (κ2) is 8.46. The predicted octanol–water partition coefficient (Wildman–Crippen LogP) is 5.03. The molecule has 1 saturated carbocycles. The number of aryl methyl sites for hydroxylation is 2. The first-order chi connectivity index (χ1) is 15.6. The molecule has 0 saturated heterocycles. The van der Waals surface area contributed by atoms with Gasteiger partial charge in [0, 0.05) is 25.1 Å². The average molecular weight is 427 g/mol. The van der Waals surface area contributed by atoms with E-state index in [-0.39, 0.29) is 5.91 Å². The summed E-state index contributed by atoms with van der Waals surface area (Å²) in [6, 6.07) is 19.7. The van der Waals surface area contributed by atoms with Gasteiger partial charge in [-0.25, -0.2) is 4.98 Å². The molecule has 6 heteroatoms. The van der Waals surface area contributed by atoms with Gasteiger partial charge in [0.15, 0.2) is 5.65 Å². The summed E-state index contributed by atoms with van der Waals surface area (Å²) in [7, 11) is 1.87. The summed E-state index contributed by atoms with van der Waals surface area (Å²) >= 11 is 0. The fourth-order valence-electron chi connectivity index (χ4n) is 4.04. The summed E-state index contributed by atoms with van der Waals surface area (Å²) in [4.78, 5) is 18.2. The van der Waals surface area contributed by atoms with Gasteiger partial charge in [-0.15, -0.1) is 0 Å². The molecule has 162 valence electrons. The minimum atomic E-state index is -0.172. The number of rotatable bonds is 7. The Morgan fingerprint density at radius 2 is 1.88 bits per heavy atom. The number of anilines is 1. The van der Waals surface area contributed by atoms with Crippen LogP contribution in [0.1, 0.15) is 46.1 Å². The van der Waals surface area contributed by atoms with Crippen molar-refractivity contribution in [1.82, 2.24) is 14.8 Å². The zero-order valence-electron chi connectivity index (χ0n) is 18.3. The molecule has 1 aliphatic rings. The van der Waals surface area contributed by atoms with E-state index < -0.39 is 0 Å². The number of para-hydroxylation sites is 2. The number of carbonyl (C=O) groups is 1. The molecule has 1 fully saturated rings. The van der Waals surface area contributed by atoms with Crippen LogP contribution in [0.25, 0.3) is 11.0 Å². The first-order valence-corrected chi connectivity index (χ1v) is 11.0. The van der Waals surface area contributed by atoms with Crippen molar-refractivity contribution < 1.29 is 9.53 Å². The van der Waals surface area contributed by atoms with Crippen molar-refractivity contribution in [3.05, 3.63) is 83.2 Å². The maximum atomic E-state index is 13.4. The molecule has 0 unspecified atom stereocenters. The number of hydrogen-bond acceptors (Lipinski definition) is 4. The minimum Gasteiger partial charge on any atom is -0.491 e. The first kappa shape index (κ1) is 20.2. The fraction of sp³-hybridized carbons (Fsp3) is 0.269. The lowest BCUT2D eigenvalue weighted by molar-refractivity contribution is 0.102. The second-order valence-corrected chi connectivity index (χ2v) is 8.31. The number of carbonyl (C=O) groups excluding carboxylic acids is 1. The van der Waals surface area contributed by atoms with Gasteiger partial charge in [-0.3, -0.25) is 9.48 Å². The van der Waals surface area contributed by atoms with Gasteiger partial charge >= 0.3 is 0 Å². The Bertz CT molecular complexity index is 1280. The van der Waals surface area contributed by atoms with Crippen LogP contribution in [0.15, 0.2) is 60.7 Å². The number of amides is 1. The zero-order chi connectivity index (χ0) is 22.1. The molecular formula is C26H26N4O2. The Hall–Kier alpha value is -3.67. The highest BCUT2D eigenvalue weighted by molar-refractivity contribution is 6.13. The van der Waals surface area contributed by atoms with Gasteiger partial charge in [0.25, 0.3) is 5.91 Å². The van der Waals surface area contributed by atoms with E-state index in [1.165, 1.54) is 5.56 Å². The Balaban J connectivity index is 1.39. The molecule has 0 spiro atoms. The van der Waals surface area contributed by atoms with Crippen LogP contribution >= 0.6 is 0 Å². The van der Waals surface area contributed by atoms with E-state index >= 15 is 0 Å². The van der Waals surface area contributed by atoms with E-state index in [0.717, 1.165) is 41.7 Å². The normalized spacial score (nSPS) is 13.3. The highest BCUT2D eigenvalue weighted by Gasteiger charge is 2.28. The topological polar surface area (TPSA) is 69.0 Å². The number of benzene rings is 2. The maximum absolute atomic E-state index is 13.4. The van der Waals surface area contributed by atoms with Crippen LogP contribution in [0.2, 0.25) is 0 Å². The highest BCUT2D eigenvalue weighted by Crippen LogP contribution is 2.40. The number of fused-ring (bicyclic) bond motifs is 1. The van der Waals surface area contributed by atoms with Crippen molar-refractivity contribution in [1.29, 1.82) is 0 Å². The van der Waals surface area contributed by atoms with Gasteiger partial charge in [0.1, 0.15) is 5.75 Å². The predicted molar refractivity (Wildman–Crippen MR) is 125 cm³/mol. The van der Waals surface area contributed by atoms with Gasteiger partial charge in [-0.1, -0.05) is 42.5 Å². The van der Waals surface area contributed by atoms with Crippen molar-refractivity contribution in [2.24, 2.45) is 7.05 Å². The summed E-state index contributed by atoms with van der Waals surface area (Å²) in [6.45, 7) is 2.45. The van der Waals surface area contributed by atoms with E-state index in [1.54, 1.807) is 4.68 Å². The Morgan fingerprint density at radius 3 is 2.66 bits per heavy atom. The van der Waals surface area contributed by atoms with Crippen LogP contribution < -0.4 is 10.1 Å². The Morgan fingerprint density at radius 1 is 1.12 bits per heavy atom. The quantitative estimate of drug-likeness (QED) is 0.450. The number of hydrogen-bond donors (Lipinski definition) is 1. The van der Waals surface area contributed by atoms with Gasteiger partial charge in [-0.05, 0) is 43.5 Å². The van der Waals surface area contributed by atoms with Crippen molar-refractivity contribution in [2.45, 2.75) is 32.1 Å². The summed E-state index contributed by atoms with van der Waals surface area (Å²) in [5.74, 6) is 0.927. The molecule has 5 rings (SSSR count). The van der Waals surface area contributed by atoms with Crippen molar-refractivity contribution >= 4 is 22.6 Å². The molecular weight excluding hydrogens is 400 g/mol. The molecule has 6 nitrogen and oxygen atoms in total. The number of pyridine rings is 1. The lowest BCUT2D eigenvalue weighted by Gasteiger charge is -2.13. The number of nitrogens with one attached hydrogen (secondary N) is 1. The number of aromatic nitrogens is 3. The van der Waals surface area contributed by atoms with Gasteiger partial charge in [-0.2, -0.15) is 5.10 Å². The van der Waals surface area contributed by atoms with Crippen LogP contribution in [0.4, 0.5) is 5.69 Å². The SMILES string of the molecule is Cc1nn(C)c2nc(C3CC3)cc(C(=O)Nc3ccccc3OCCc3ccccc3)c12. The van der Waals surface area contributed by atoms with Gasteiger partial charge < -0.3 is 10.1 Å². The van der Waals surface area contributed by atoms with Crippen LogP contribution in [0, 0.1) is 6.92 Å². The molecule has 0 atom stereocenters. The molecule has 2 aromatic heterocycles. The molecule has 1 N–H and O–H groups in total. The van der Waals surface area contributed by atoms with E-state index in [1.807, 2.05) is 62.5 Å². The van der Waals surface area contributed by atoms with Gasteiger partial charge in [0.05, 0.1) is 28.9 Å². The third kappa shape index (κ3) is 4.08. The van der Waals surface area contributed by atoms with Gasteiger partial charge in [0.2, 0.25) is 0 Å². The van der Waals surface area contributed by atoms with E-state index in [4.69, 9.17) is 9.72 Å². The summed E-state index contributed by atoms with van der Waals surface area (Å²) in [5.41, 5.74) is 5.01. The maximum Gasteiger partial charge on any atom is 0.256 e. The monoisotopic (exact) mass is 426 g/mol. The zero-order valence-corrected chi connectivity index (χ0v) is 18.3. The summed E-state index contributed by atoms with van der Waals surface area (Å²) < 4.78 is 7.78. The molecule has 1 amide bonds. The van der Waals surface area contributed by atoms with E-state index in [0.29, 0.717) is 29.5 Å². The summed E-state index contributed by atoms with van der Waals surface area (Å²) in [6.07, 6.45) is 3.04. The van der Waals surface area contributed by atoms with Crippen LogP contribution in [-0.2, 0) is 13.5 Å². The van der Waals surface area contributed by atoms with Crippen LogP contribution in [0.5, 0.6) is 5.75 Å². The first-order valence-electron chi connectivity index (χ1n) is 11.0. The summed E-state index contributed by atoms with van der Waals surface area (Å²) in [5, 5.41) is 8.36.